The van der Waals surface area contributed by atoms with Crippen LogP contribution in [0.25, 0.3) is 0 Å². The van der Waals surface area contributed by atoms with Gasteiger partial charge in [-0.1, -0.05) is 0 Å². The van der Waals surface area contributed by atoms with Gasteiger partial charge in [0.1, 0.15) is 0 Å². The van der Waals surface area contributed by atoms with Crippen molar-refractivity contribution in [2.75, 3.05) is 20.3 Å². The number of halogens is 1. The molecule has 112 valence electrons. The Hall–Kier alpha value is -1.17. The Kier molecular flexibility index (Phi) is 6.39. The number of nitrogens with zero attached hydrogens (tertiary/aromatic N) is 1. The van der Waals surface area contributed by atoms with Gasteiger partial charge >= 0.3 is 0 Å². The number of hydrogen-bond donors (Lipinski definition) is 2. The highest BCUT2D eigenvalue weighted by atomic mass is 35.5. The highest BCUT2D eigenvalue weighted by Gasteiger charge is 2.42. The Labute approximate surface area is 125 Å². The molecule has 0 spiro atoms. The van der Waals surface area contributed by atoms with Crippen LogP contribution in [-0.2, 0) is 11.3 Å². The van der Waals surface area contributed by atoms with E-state index in [1.54, 1.807) is 25.4 Å². The van der Waals surface area contributed by atoms with Gasteiger partial charge in [-0.15, -0.1) is 12.4 Å². The molecule has 1 aromatic rings. The van der Waals surface area contributed by atoms with Gasteiger partial charge in [0.05, 0.1) is 5.69 Å². The van der Waals surface area contributed by atoms with Crippen LogP contribution in [0.5, 0.6) is 0 Å². The predicted octanol–water partition coefficient (Wildman–Crippen LogP) is 1.51. The minimum atomic E-state index is -0.0548. The molecule has 1 saturated carbocycles. The van der Waals surface area contributed by atoms with Gasteiger partial charge in [-0.3, -0.25) is 9.78 Å². The normalized spacial score (nSPS) is 15.3. The summed E-state index contributed by atoms with van der Waals surface area (Å²) < 4.78 is 5.10. The predicted molar refractivity (Wildman–Crippen MR) is 79.9 cm³/mol. The van der Waals surface area contributed by atoms with E-state index in [2.05, 4.69) is 10.3 Å². The molecular formula is C14H22ClN3O2. The van der Waals surface area contributed by atoms with Gasteiger partial charge in [-0.25, -0.2) is 0 Å². The van der Waals surface area contributed by atoms with Crippen LogP contribution in [0.4, 0.5) is 0 Å². The van der Waals surface area contributed by atoms with E-state index in [-0.39, 0.29) is 23.7 Å². The number of carbonyl (C=O) groups is 1. The molecule has 1 heterocycles. The van der Waals surface area contributed by atoms with E-state index in [0.29, 0.717) is 12.1 Å². The first-order valence-electron chi connectivity index (χ1n) is 6.61. The molecule has 5 nitrogen and oxygen atoms in total. The number of nitrogens with one attached hydrogen (secondary N) is 1. The maximum absolute atomic E-state index is 12.1. The van der Waals surface area contributed by atoms with Gasteiger partial charge in [-0.2, -0.15) is 0 Å². The number of carbonyl (C=O) groups excluding carboxylic acids is 1. The summed E-state index contributed by atoms with van der Waals surface area (Å²) in [5.74, 6) is -0.0548. The molecule has 0 unspecified atom stereocenters. The Morgan fingerprint density at radius 3 is 2.90 bits per heavy atom. The van der Waals surface area contributed by atoms with Crippen molar-refractivity contribution < 1.29 is 9.53 Å². The summed E-state index contributed by atoms with van der Waals surface area (Å²) in [5, 5.41) is 3.00. The minimum Gasteiger partial charge on any atom is -0.385 e. The van der Waals surface area contributed by atoms with E-state index >= 15 is 0 Å². The fraction of sp³-hybridized carbons (Fsp3) is 0.571. The lowest BCUT2D eigenvalue weighted by molar-refractivity contribution is 0.0937. The van der Waals surface area contributed by atoms with Crippen molar-refractivity contribution >= 4 is 18.3 Å². The van der Waals surface area contributed by atoms with Crippen molar-refractivity contribution in [1.82, 2.24) is 10.3 Å². The van der Waals surface area contributed by atoms with Gasteiger partial charge in [-0.05, 0) is 36.8 Å². The number of rotatable bonds is 7. The molecule has 0 bridgehead atoms. The van der Waals surface area contributed by atoms with Gasteiger partial charge in [0.25, 0.3) is 5.91 Å². The molecule has 0 aliphatic heterocycles. The molecule has 0 aromatic carbocycles. The average molecular weight is 300 g/mol. The number of hydrogen-bond acceptors (Lipinski definition) is 4. The van der Waals surface area contributed by atoms with Gasteiger partial charge in [0, 0.05) is 38.6 Å². The lowest BCUT2D eigenvalue weighted by Gasteiger charge is -2.15. The first-order chi connectivity index (χ1) is 9.19. The topological polar surface area (TPSA) is 77.2 Å². The minimum absolute atomic E-state index is 0. The van der Waals surface area contributed by atoms with Gasteiger partial charge in [0.15, 0.2) is 0 Å². The standard InChI is InChI=1S/C14H21N3O2.ClH/c1-19-7-5-14(3-4-14)10-17-13(18)11-2-6-16-12(8-11)9-15;/h2,6,8H,3-5,7,9-10,15H2,1H3,(H,17,18);1H. The first-order valence-corrected chi connectivity index (χ1v) is 6.61. The van der Waals surface area contributed by atoms with Crippen LogP contribution in [0, 0.1) is 5.41 Å². The molecule has 3 N–H and O–H groups in total. The Morgan fingerprint density at radius 1 is 1.55 bits per heavy atom. The number of pyridine rings is 1. The summed E-state index contributed by atoms with van der Waals surface area (Å²) >= 11 is 0. The number of ether oxygens (including phenoxy) is 1. The molecule has 1 aromatic heterocycles. The smallest absolute Gasteiger partial charge is 0.251 e. The Bertz CT molecular complexity index is 450. The van der Waals surface area contributed by atoms with Crippen molar-refractivity contribution in [3.63, 3.8) is 0 Å². The van der Waals surface area contributed by atoms with E-state index < -0.39 is 0 Å². The summed E-state index contributed by atoms with van der Waals surface area (Å²) in [5.41, 5.74) is 7.13. The summed E-state index contributed by atoms with van der Waals surface area (Å²) in [6.07, 6.45) is 4.96. The number of amides is 1. The molecule has 20 heavy (non-hydrogen) atoms. The second-order valence-corrected chi connectivity index (χ2v) is 5.17. The number of nitrogens with two attached hydrogens (primary N) is 1. The summed E-state index contributed by atoms with van der Waals surface area (Å²) in [4.78, 5) is 16.1. The lowest BCUT2D eigenvalue weighted by atomic mass is 10.0. The summed E-state index contributed by atoms with van der Waals surface area (Å²) in [7, 11) is 1.71. The molecule has 1 aliphatic carbocycles. The Morgan fingerprint density at radius 2 is 2.30 bits per heavy atom. The molecule has 1 amide bonds. The SMILES string of the molecule is COCCC1(CNC(=O)c2ccnc(CN)c2)CC1.Cl. The number of aromatic nitrogens is 1. The van der Waals surface area contributed by atoms with Crippen molar-refractivity contribution in [3.05, 3.63) is 29.6 Å². The second kappa shape index (κ2) is 7.57. The third-order valence-corrected chi connectivity index (χ3v) is 3.71. The van der Waals surface area contributed by atoms with Crippen LogP contribution in [0.3, 0.4) is 0 Å². The van der Waals surface area contributed by atoms with Crippen LogP contribution in [0.2, 0.25) is 0 Å². The maximum atomic E-state index is 12.1. The molecule has 1 fully saturated rings. The molecule has 1 aliphatic rings. The largest absolute Gasteiger partial charge is 0.385 e. The zero-order valence-corrected chi connectivity index (χ0v) is 12.5. The quantitative estimate of drug-likeness (QED) is 0.800. The van der Waals surface area contributed by atoms with Crippen molar-refractivity contribution in [1.29, 1.82) is 0 Å². The third kappa shape index (κ3) is 4.44. The van der Waals surface area contributed by atoms with Crippen LogP contribution < -0.4 is 11.1 Å². The van der Waals surface area contributed by atoms with Crippen molar-refractivity contribution in [2.24, 2.45) is 11.1 Å². The summed E-state index contributed by atoms with van der Waals surface area (Å²) in [6.45, 7) is 1.82. The van der Waals surface area contributed by atoms with E-state index in [9.17, 15) is 4.79 Å². The van der Waals surface area contributed by atoms with E-state index in [0.717, 1.165) is 25.3 Å². The van der Waals surface area contributed by atoms with Gasteiger partial charge in [0.2, 0.25) is 0 Å². The van der Waals surface area contributed by atoms with Gasteiger partial charge < -0.3 is 15.8 Å². The lowest BCUT2D eigenvalue weighted by Crippen LogP contribution is -2.31. The Balaban J connectivity index is 0.00000200. The first kappa shape index (κ1) is 16.9. The molecule has 0 atom stereocenters. The van der Waals surface area contributed by atoms with Crippen LogP contribution in [-0.4, -0.2) is 31.2 Å². The zero-order chi connectivity index (χ0) is 13.7. The molecule has 6 heteroatoms. The fourth-order valence-electron chi connectivity index (χ4n) is 2.11. The number of methoxy groups -OCH3 is 1. The van der Waals surface area contributed by atoms with Crippen LogP contribution in [0.15, 0.2) is 18.3 Å². The molecule has 0 radical (unpaired) electrons. The van der Waals surface area contributed by atoms with E-state index in [1.165, 1.54) is 12.8 Å². The maximum Gasteiger partial charge on any atom is 0.251 e. The highest BCUT2D eigenvalue weighted by Crippen LogP contribution is 2.48. The fourth-order valence-corrected chi connectivity index (χ4v) is 2.11. The zero-order valence-electron chi connectivity index (χ0n) is 11.7. The van der Waals surface area contributed by atoms with E-state index in [4.69, 9.17) is 10.5 Å². The van der Waals surface area contributed by atoms with Crippen LogP contribution in [0.1, 0.15) is 35.3 Å². The monoisotopic (exact) mass is 299 g/mol. The molecule has 2 rings (SSSR count). The average Bonchev–Trinajstić information content (AvgIpc) is 3.23. The molecule has 0 saturated heterocycles. The highest BCUT2D eigenvalue weighted by molar-refractivity contribution is 5.94. The molecular weight excluding hydrogens is 278 g/mol. The van der Waals surface area contributed by atoms with Crippen LogP contribution >= 0.6 is 12.4 Å². The second-order valence-electron chi connectivity index (χ2n) is 5.17. The van der Waals surface area contributed by atoms with Crippen molar-refractivity contribution in [2.45, 2.75) is 25.8 Å². The van der Waals surface area contributed by atoms with E-state index in [1.807, 2.05) is 0 Å². The van der Waals surface area contributed by atoms with Crippen molar-refractivity contribution in [3.8, 4) is 0 Å². The third-order valence-electron chi connectivity index (χ3n) is 3.71. The summed E-state index contributed by atoms with van der Waals surface area (Å²) in [6, 6.07) is 3.45.